The van der Waals surface area contributed by atoms with Crippen molar-refractivity contribution >= 4 is 33.7 Å². The third-order valence-corrected chi connectivity index (χ3v) is 8.47. The Hall–Kier alpha value is -4.10. The number of carbonyl (C=O) groups is 2. The first-order chi connectivity index (χ1) is 19.6. The van der Waals surface area contributed by atoms with Crippen LogP contribution in [0.25, 0.3) is 0 Å². The number of hydroxylamine groups is 1. The lowest BCUT2D eigenvalue weighted by Gasteiger charge is -2.25. The second kappa shape index (κ2) is 13.0. The highest BCUT2D eigenvalue weighted by atomic mass is 32.2. The van der Waals surface area contributed by atoms with E-state index in [0.717, 1.165) is 23.9 Å². The average molecular weight is 580 g/mol. The quantitative estimate of drug-likeness (QED) is 0.151. The second-order valence-corrected chi connectivity index (χ2v) is 11.6. The van der Waals surface area contributed by atoms with Gasteiger partial charge in [0.1, 0.15) is 11.8 Å². The fourth-order valence-corrected chi connectivity index (χ4v) is 6.08. The fourth-order valence-electron chi connectivity index (χ4n) is 4.75. The number of nitrogens with zero attached hydrogens (tertiary/aromatic N) is 3. The van der Waals surface area contributed by atoms with Crippen LogP contribution in [0.5, 0.6) is 0 Å². The number of Topliss-reactive ketones (excluding diaryl/α,β-unsaturated/α-hetero) is 1. The third-order valence-electron chi connectivity index (χ3n) is 6.81. The number of hydrazone groups is 1. The summed E-state index contributed by atoms with van der Waals surface area (Å²) in [5, 5.41) is 5.31. The summed E-state index contributed by atoms with van der Waals surface area (Å²) >= 11 is 0. The molecule has 0 saturated carbocycles. The monoisotopic (exact) mass is 579 g/mol. The molecule has 41 heavy (non-hydrogen) atoms. The first-order valence-corrected chi connectivity index (χ1v) is 14.4. The van der Waals surface area contributed by atoms with Gasteiger partial charge >= 0.3 is 5.97 Å². The number of benzene rings is 3. The van der Waals surface area contributed by atoms with E-state index in [1.54, 1.807) is 30.3 Å². The van der Waals surface area contributed by atoms with Gasteiger partial charge in [-0.15, -0.1) is 4.41 Å². The summed E-state index contributed by atoms with van der Waals surface area (Å²) in [6.07, 6.45) is 0.946. The van der Waals surface area contributed by atoms with Gasteiger partial charge in [0.15, 0.2) is 0 Å². The van der Waals surface area contributed by atoms with Crippen molar-refractivity contribution in [1.29, 1.82) is 0 Å². The van der Waals surface area contributed by atoms with E-state index in [-0.39, 0.29) is 17.4 Å². The van der Waals surface area contributed by atoms with Crippen LogP contribution in [-0.2, 0) is 29.2 Å². The first-order valence-electron chi connectivity index (χ1n) is 12.9. The highest BCUT2D eigenvalue weighted by Gasteiger charge is 2.39. The Kier molecular flexibility index (Phi) is 9.50. The summed E-state index contributed by atoms with van der Waals surface area (Å²) in [6.45, 7) is 1.73. The summed E-state index contributed by atoms with van der Waals surface area (Å²) in [5.74, 6) is 9.90. The number of ether oxygens (including phenoxy) is 1. The largest absolute Gasteiger partial charge is 0.468 e. The molecule has 216 valence electrons. The van der Waals surface area contributed by atoms with Gasteiger partial charge in [-0.1, -0.05) is 54.6 Å². The van der Waals surface area contributed by atoms with Gasteiger partial charge in [-0.3, -0.25) is 20.3 Å². The number of nitrogens with two attached hydrogens (primary N) is 2. The maximum atomic E-state index is 13.2. The molecule has 4 N–H and O–H groups in total. The summed E-state index contributed by atoms with van der Waals surface area (Å²) < 4.78 is 31.6. The first kappa shape index (κ1) is 29.9. The molecule has 4 rings (SSSR count). The van der Waals surface area contributed by atoms with Crippen molar-refractivity contribution in [3.8, 4) is 0 Å². The maximum absolute atomic E-state index is 13.2. The molecule has 1 aliphatic heterocycles. The number of methoxy groups -OCH3 is 1. The Bertz CT molecular complexity index is 1500. The Morgan fingerprint density at radius 2 is 1.83 bits per heavy atom. The number of anilines is 1. The number of para-hydroxylation sites is 1. The number of hydrogen-bond acceptors (Lipinski definition) is 10. The molecule has 0 aromatic heterocycles. The number of esters is 1. The van der Waals surface area contributed by atoms with Crippen LogP contribution in [-0.4, -0.2) is 50.1 Å². The summed E-state index contributed by atoms with van der Waals surface area (Å²) in [4.78, 5) is 32.0. The normalized spacial score (nSPS) is 18.1. The summed E-state index contributed by atoms with van der Waals surface area (Å²) in [7, 11) is -3.17. The van der Waals surface area contributed by atoms with Crippen molar-refractivity contribution in [1.82, 2.24) is 4.41 Å². The van der Waals surface area contributed by atoms with E-state index in [1.165, 1.54) is 12.1 Å². The molecule has 1 aliphatic rings. The van der Waals surface area contributed by atoms with Crippen LogP contribution in [0.3, 0.4) is 0 Å². The Morgan fingerprint density at radius 1 is 1.12 bits per heavy atom. The summed E-state index contributed by atoms with van der Waals surface area (Å²) in [6, 6.07) is 21.5. The predicted octanol–water partition coefficient (Wildman–Crippen LogP) is 2.99. The number of hydrazine groups is 1. The van der Waals surface area contributed by atoms with E-state index in [0.29, 0.717) is 16.4 Å². The lowest BCUT2D eigenvalue weighted by molar-refractivity contribution is -0.147. The molecular formula is C29H33N5O6S. The van der Waals surface area contributed by atoms with Crippen molar-refractivity contribution in [3.05, 3.63) is 95.6 Å². The maximum Gasteiger partial charge on any atom is 0.326 e. The van der Waals surface area contributed by atoms with Crippen molar-refractivity contribution in [2.45, 2.75) is 49.3 Å². The molecule has 0 radical (unpaired) electrons. The molecule has 1 fully saturated rings. The minimum atomic E-state index is -4.28. The zero-order valence-corrected chi connectivity index (χ0v) is 23.6. The van der Waals surface area contributed by atoms with Crippen LogP contribution in [0.1, 0.15) is 42.0 Å². The third kappa shape index (κ3) is 6.98. The van der Waals surface area contributed by atoms with E-state index in [1.807, 2.05) is 54.6 Å². The molecule has 12 heteroatoms. The van der Waals surface area contributed by atoms with E-state index in [4.69, 9.17) is 21.3 Å². The smallest absolute Gasteiger partial charge is 0.326 e. The zero-order valence-electron chi connectivity index (χ0n) is 22.8. The van der Waals surface area contributed by atoms with Gasteiger partial charge in [0.2, 0.25) is 0 Å². The topological polar surface area (TPSA) is 158 Å². The predicted molar refractivity (Wildman–Crippen MR) is 154 cm³/mol. The molecule has 11 nitrogen and oxygen atoms in total. The number of aryl methyl sites for hydroxylation is 1. The Morgan fingerprint density at radius 3 is 2.46 bits per heavy atom. The molecule has 0 aliphatic carbocycles. The van der Waals surface area contributed by atoms with Gasteiger partial charge in [-0.2, -0.15) is 5.10 Å². The van der Waals surface area contributed by atoms with E-state index in [2.05, 4.69) is 5.10 Å². The molecule has 1 heterocycles. The second-order valence-electron chi connectivity index (χ2n) is 9.72. The fraction of sp³-hybridized carbons (Fsp3) is 0.276. The Labute approximate surface area is 239 Å². The molecule has 3 aromatic rings. The van der Waals surface area contributed by atoms with Crippen LogP contribution in [0.2, 0.25) is 0 Å². The van der Waals surface area contributed by atoms with Crippen LogP contribution in [0.4, 0.5) is 5.69 Å². The number of carbonyl (C=O) groups excluding carboxylic acids is 2. The van der Waals surface area contributed by atoms with Crippen molar-refractivity contribution < 1.29 is 27.6 Å². The zero-order chi connectivity index (χ0) is 29.6. The minimum Gasteiger partial charge on any atom is -0.468 e. The molecule has 0 bridgehead atoms. The van der Waals surface area contributed by atoms with Crippen LogP contribution in [0, 0.1) is 6.92 Å². The van der Waals surface area contributed by atoms with Crippen LogP contribution in [0.15, 0.2) is 88.9 Å². The van der Waals surface area contributed by atoms with E-state index < -0.39 is 40.3 Å². The molecule has 0 amide bonds. The average Bonchev–Trinajstić information content (AvgIpc) is 3.39. The van der Waals surface area contributed by atoms with E-state index >= 15 is 0 Å². The molecule has 0 unspecified atom stereocenters. The molecule has 3 atom stereocenters. The van der Waals surface area contributed by atoms with Crippen molar-refractivity contribution in [2.75, 3.05) is 12.2 Å². The molecular weight excluding hydrogens is 546 g/mol. The van der Waals surface area contributed by atoms with Gasteiger partial charge in [0.05, 0.1) is 36.1 Å². The minimum absolute atomic E-state index is 0.0659. The lowest BCUT2D eigenvalue weighted by Crippen LogP contribution is -2.51. The number of sulfonamides is 1. The number of ketones is 1. The van der Waals surface area contributed by atoms with Crippen LogP contribution >= 0.6 is 0 Å². The van der Waals surface area contributed by atoms with Gasteiger partial charge in [-0.25, -0.2) is 13.5 Å². The van der Waals surface area contributed by atoms with E-state index in [9.17, 15) is 18.0 Å². The molecule has 0 spiro atoms. The molecule has 1 saturated heterocycles. The van der Waals surface area contributed by atoms with Gasteiger partial charge in [0.25, 0.3) is 10.0 Å². The SMILES string of the molecule is COC(=O)[C@H](CC(=O)C[C@@H]1C[C@H](c2ccc(C=NN)cc2)N(c2ccccc2)O1)N(N)S(=O)(=O)c1cccc(C)c1. The summed E-state index contributed by atoms with van der Waals surface area (Å²) in [5.41, 5.74) is 3.31. The lowest BCUT2D eigenvalue weighted by atomic mass is 9.97. The molecule has 3 aromatic carbocycles. The standard InChI is InChI=1S/C29H33N5O6S/c1-20-7-6-10-26(15-20)41(37,38)34(31)28(29(36)39-2)17-24(35)16-25-18-27(22-13-11-21(12-14-22)19-32-30)33(40-25)23-8-4-3-5-9-23/h3-15,19,25,27-28H,16-18,30-31H2,1-2H3/t25-,27-,28+/m1/s1. The van der Waals surface area contributed by atoms with Crippen molar-refractivity contribution in [3.63, 3.8) is 0 Å². The number of hydrogen-bond donors (Lipinski definition) is 2. The Balaban J connectivity index is 1.52. The van der Waals surface area contributed by atoms with Gasteiger partial charge in [0, 0.05) is 19.3 Å². The van der Waals surface area contributed by atoms with Crippen LogP contribution < -0.4 is 16.7 Å². The number of rotatable bonds is 11. The highest BCUT2D eigenvalue weighted by Crippen LogP contribution is 2.39. The van der Waals surface area contributed by atoms with Gasteiger partial charge in [-0.05, 0) is 47.9 Å². The van der Waals surface area contributed by atoms with Gasteiger partial charge < -0.3 is 10.6 Å². The van der Waals surface area contributed by atoms with Crippen molar-refractivity contribution in [2.24, 2.45) is 16.8 Å². The highest BCUT2D eigenvalue weighted by molar-refractivity contribution is 7.89.